The van der Waals surface area contributed by atoms with Crippen LogP contribution in [0.25, 0.3) is 0 Å². The quantitative estimate of drug-likeness (QED) is 0.772. The molecule has 0 N–H and O–H groups in total. The van der Waals surface area contributed by atoms with Gasteiger partial charge in [0.25, 0.3) is 0 Å². The van der Waals surface area contributed by atoms with Gasteiger partial charge < -0.3 is 14.4 Å². The molecule has 0 saturated carbocycles. The Morgan fingerprint density at radius 2 is 1.93 bits per heavy atom. The van der Waals surface area contributed by atoms with Gasteiger partial charge in [0.2, 0.25) is 5.91 Å². The molecular weight excluding hydrogens is 365 g/mol. The third-order valence-corrected chi connectivity index (χ3v) is 6.06. The van der Waals surface area contributed by atoms with Gasteiger partial charge in [-0.2, -0.15) is 11.8 Å². The standard InChI is InChI=1S/C21H24FNO3S/c1-25-18-8-7-15(13-19(18)26-2)14-21(24)23-10-9-20(27-12-11-23)16-5-3-4-6-17(16)22/h3-8,13,20H,9-12,14H2,1-2H3. The zero-order valence-corrected chi connectivity index (χ0v) is 16.4. The maximum absolute atomic E-state index is 14.1. The zero-order valence-electron chi connectivity index (χ0n) is 15.6. The van der Waals surface area contributed by atoms with Crippen molar-refractivity contribution in [1.82, 2.24) is 4.90 Å². The molecule has 2 aromatic rings. The fraction of sp³-hybridized carbons (Fsp3) is 0.381. The Balaban J connectivity index is 1.64. The molecule has 0 aliphatic carbocycles. The summed E-state index contributed by atoms with van der Waals surface area (Å²) in [6.45, 7) is 1.32. The largest absolute Gasteiger partial charge is 0.493 e. The first-order valence-electron chi connectivity index (χ1n) is 8.97. The van der Waals surface area contributed by atoms with Crippen molar-refractivity contribution in [2.45, 2.75) is 18.1 Å². The van der Waals surface area contributed by atoms with Crippen LogP contribution in [0.1, 0.15) is 22.8 Å². The van der Waals surface area contributed by atoms with E-state index in [-0.39, 0.29) is 17.0 Å². The molecule has 0 spiro atoms. The van der Waals surface area contributed by atoms with Crippen molar-refractivity contribution < 1.29 is 18.7 Å². The number of thioether (sulfide) groups is 1. The average Bonchev–Trinajstić information content (AvgIpc) is 2.94. The van der Waals surface area contributed by atoms with Gasteiger partial charge in [0, 0.05) is 29.7 Å². The van der Waals surface area contributed by atoms with Gasteiger partial charge >= 0.3 is 0 Å². The van der Waals surface area contributed by atoms with Crippen molar-refractivity contribution in [3.05, 3.63) is 59.4 Å². The molecule has 1 fully saturated rings. The molecule has 1 heterocycles. The van der Waals surface area contributed by atoms with E-state index in [1.165, 1.54) is 6.07 Å². The van der Waals surface area contributed by atoms with Gasteiger partial charge in [-0.3, -0.25) is 4.79 Å². The average molecular weight is 389 g/mol. The Morgan fingerprint density at radius 3 is 2.67 bits per heavy atom. The number of rotatable bonds is 5. The molecule has 3 rings (SSSR count). The fourth-order valence-electron chi connectivity index (χ4n) is 3.28. The van der Waals surface area contributed by atoms with E-state index in [0.717, 1.165) is 23.3 Å². The topological polar surface area (TPSA) is 38.8 Å². The number of hydrogen-bond donors (Lipinski definition) is 0. The number of benzene rings is 2. The minimum absolute atomic E-state index is 0.0806. The van der Waals surface area contributed by atoms with E-state index < -0.39 is 0 Å². The van der Waals surface area contributed by atoms with Crippen LogP contribution >= 0.6 is 11.8 Å². The first kappa shape index (κ1) is 19.5. The molecule has 27 heavy (non-hydrogen) atoms. The smallest absolute Gasteiger partial charge is 0.227 e. The first-order valence-corrected chi connectivity index (χ1v) is 10.0. The van der Waals surface area contributed by atoms with Crippen molar-refractivity contribution in [2.75, 3.05) is 33.1 Å². The van der Waals surface area contributed by atoms with Crippen LogP contribution in [-0.4, -0.2) is 43.9 Å². The predicted molar refractivity (Wildman–Crippen MR) is 106 cm³/mol. The number of nitrogens with zero attached hydrogens (tertiary/aromatic N) is 1. The van der Waals surface area contributed by atoms with E-state index in [1.54, 1.807) is 32.0 Å². The molecule has 0 aromatic heterocycles. The molecule has 1 atom stereocenters. The van der Waals surface area contributed by atoms with Gasteiger partial charge in [0.15, 0.2) is 11.5 Å². The van der Waals surface area contributed by atoms with Crippen molar-refractivity contribution >= 4 is 17.7 Å². The lowest BCUT2D eigenvalue weighted by Gasteiger charge is -2.21. The van der Waals surface area contributed by atoms with Gasteiger partial charge in [-0.05, 0) is 30.2 Å². The van der Waals surface area contributed by atoms with E-state index in [2.05, 4.69) is 0 Å². The monoisotopic (exact) mass is 389 g/mol. The molecule has 1 aliphatic rings. The normalized spacial score (nSPS) is 17.3. The molecular formula is C21H24FNO3S. The SMILES string of the molecule is COc1ccc(CC(=O)N2CCSC(c3ccccc3F)CC2)cc1OC. The molecule has 0 radical (unpaired) electrons. The number of amides is 1. The molecule has 6 heteroatoms. The highest BCUT2D eigenvalue weighted by Gasteiger charge is 2.24. The number of carbonyl (C=O) groups excluding carboxylic acids is 1. The predicted octanol–water partition coefficient (Wildman–Crippen LogP) is 4.09. The second kappa shape index (κ2) is 9.13. The summed E-state index contributed by atoms with van der Waals surface area (Å²) in [4.78, 5) is 14.6. The Hall–Kier alpha value is -2.21. The lowest BCUT2D eigenvalue weighted by molar-refractivity contribution is -0.130. The summed E-state index contributed by atoms with van der Waals surface area (Å²) in [5.74, 6) is 1.98. The highest BCUT2D eigenvalue weighted by molar-refractivity contribution is 7.99. The third-order valence-electron chi connectivity index (χ3n) is 4.75. The van der Waals surface area contributed by atoms with Crippen molar-refractivity contribution in [3.63, 3.8) is 0 Å². The summed E-state index contributed by atoms with van der Waals surface area (Å²) >= 11 is 1.72. The van der Waals surface area contributed by atoms with E-state index >= 15 is 0 Å². The van der Waals surface area contributed by atoms with Crippen LogP contribution in [0.15, 0.2) is 42.5 Å². The van der Waals surface area contributed by atoms with Crippen molar-refractivity contribution in [3.8, 4) is 11.5 Å². The van der Waals surface area contributed by atoms with Gasteiger partial charge in [0.05, 0.1) is 20.6 Å². The lowest BCUT2D eigenvalue weighted by Crippen LogP contribution is -2.34. The van der Waals surface area contributed by atoms with Crippen LogP contribution in [-0.2, 0) is 11.2 Å². The number of carbonyl (C=O) groups is 1. The summed E-state index contributed by atoms with van der Waals surface area (Å²) in [5.41, 5.74) is 1.62. The highest BCUT2D eigenvalue weighted by Crippen LogP contribution is 2.35. The third kappa shape index (κ3) is 4.75. The molecule has 144 valence electrons. The minimum Gasteiger partial charge on any atom is -0.493 e. The van der Waals surface area contributed by atoms with Gasteiger partial charge in [-0.1, -0.05) is 24.3 Å². The van der Waals surface area contributed by atoms with Gasteiger partial charge in [-0.15, -0.1) is 0 Å². The summed E-state index contributed by atoms with van der Waals surface area (Å²) in [6, 6.07) is 12.4. The second-order valence-electron chi connectivity index (χ2n) is 6.42. The van der Waals surface area contributed by atoms with Crippen LogP contribution in [0.4, 0.5) is 4.39 Å². The fourth-order valence-corrected chi connectivity index (χ4v) is 4.53. The zero-order chi connectivity index (χ0) is 19.2. The van der Waals surface area contributed by atoms with E-state index in [1.807, 2.05) is 35.2 Å². The number of hydrogen-bond acceptors (Lipinski definition) is 4. The summed E-state index contributed by atoms with van der Waals surface area (Å²) < 4.78 is 24.6. The molecule has 1 aliphatic heterocycles. The Labute approximate surface area is 163 Å². The summed E-state index contributed by atoms with van der Waals surface area (Å²) in [7, 11) is 3.17. The Bertz CT molecular complexity index is 799. The molecule has 1 saturated heterocycles. The Morgan fingerprint density at radius 1 is 1.15 bits per heavy atom. The summed E-state index contributed by atoms with van der Waals surface area (Å²) in [5, 5.41) is 0.0880. The van der Waals surface area contributed by atoms with Crippen LogP contribution in [0.3, 0.4) is 0 Å². The number of ether oxygens (including phenoxy) is 2. The van der Waals surface area contributed by atoms with Crippen molar-refractivity contribution in [1.29, 1.82) is 0 Å². The lowest BCUT2D eigenvalue weighted by atomic mass is 10.1. The van der Waals surface area contributed by atoms with Crippen LogP contribution in [0, 0.1) is 5.82 Å². The van der Waals surface area contributed by atoms with Crippen LogP contribution < -0.4 is 9.47 Å². The maximum Gasteiger partial charge on any atom is 0.227 e. The second-order valence-corrected chi connectivity index (χ2v) is 7.73. The number of halogens is 1. The van der Waals surface area contributed by atoms with Gasteiger partial charge in [0.1, 0.15) is 5.82 Å². The molecule has 4 nitrogen and oxygen atoms in total. The molecule has 2 aromatic carbocycles. The maximum atomic E-state index is 14.1. The van der Waals surface area contributed by atoms with E-state index in [9.17, 15) is 9.18 Å². The van der Waals surface area contributed by atoms with E-state index in [0.29, 0.717) is 31.0 Å². The van der Waals surface area contributed by atoms with Crippen LogP contribution in [0.5, 0.6) is 11.5 Å². The molecule has 0 bridgehead atoms. The minimum atomic E-state index is -0.167. The molecule has 1 unspecified atom stereocenters. The van der Waals surface area contributed by atoms with Gasteiger partial charge in [-0.25, -0.2) is 4.39 Å². The highest BCUT2D eigenvalue weighted by atomic mass is 32.2. The first-order chi connectivity index (χ1) is 13.1. The van der Waals surface area contributed by atoms with E-state index in [4.69, 9.17) is 9.47 Å². The summed E-state index contributed by atoms with van der Waals surface area (Å²) in [6.07, 6.45) is 1.07. The Kier molecular flexibility index (Phi) is 6.61. The number of methoxy groups -OCH3 is 2. The van der Waals surface area contributed by atoms with Crippen LogP contribution in [0.2, 0.25) is 0 Å². The molecule has 1 amide bonds. The van der Waals surface area contributed by atoms with Crippen molar-refractivity contribution in [2.24, 2.45) is 0 Å².